The number of allylic oxidation sites excluding steroid dienone is 2. The van der Waals surface area contributed by atoms with E-state index in [0.29, 0.717) is 25.0 Å². The number of hydrogen-bond donors (Lipinski definition) is 0. The third kappa shape index (κ3) is 3.49. The monoisotopic (exact) mass is 387 g/mol. The maximum absolute atomic E-state index is 14.3. The van der Waals surface area contributed by atoms with E-state index in [0.717, 1.165) is 28.7 Å². The van der Waals surface area contributed by atoms with Crippen LogP contribution in [0.2, 0.25) is 0 Å². The van der Waals surface area contributed by atoms with Gasteiger partial charge in [0.05, 0.1) is 0 Å². The zero-order chi connectivity index (χ0) is 19.7. The predicted molar refractivity (Wildman–Crippen MR) is 101 cm³/mol. The quantitative estimate of drug-likeness (QED) is 0.734. The summed E-state index contributed by atoms with van der Waals surface area (Å²) in [7, 11) is 1.33. The number of fused-ring (bicyclic) bond motifs is 1. The zero-order valence-electron chi connectivity index (χ0n) is 15.8. The molecule has 0 fully saturated rings. The summed E-state index contributed by atoms with van der Waals surface area (Å²) in [6.07, 6.45) is 3.55. The standard InChI is InChI=1S/C22H23F2NO3/c1-27-20-19-17(13-22(20,23)24)8-7-16-9-11-25(12-10-18(16)19)21(26)28-14-15-5-3-2-4-6-15/h2-6,10,12,20H,7-9,11,13-14H2,1H3. The highest BCUT2D eigenvalue weighted by molar-refractivity contribution is 5.70. The minimum atomic E-state index is -2.88. The van der Waals surface area contributed by atoms with Gasteiger partial charge in [-0.2, -0.15) is 0 Å². The molecule has 6 heteroatoms. The lowest BCUT2D eigenvalue weighted by molar-refractivity contribution is -0.0938. The summed E-state index contributed by atoms with van der Waals surface area (Å²) in [4.78, 5) is 14.0. The number of ether oxygens (including phenoxy) is 2. The van der Waals surface area contributed by atoms with Gasteiger partial charge in [-0.05, 0) is 42.0 Å². The Hall–Kier alpha value is -2.47. The van der Waals surface area contributed by atoms with Crippen LogP contribution in [-0.2, 0) is 16.1 Å². The topological polar surface area (TPSA) is 38.8 Å². The van der Waals surface area contributed by atoms with Crippen LogP contribution in [0.3, 0.4) is 0 Å². The first-order valence-corrected chi connectivity index (χ1v) is 9.50. The number of alkyl halides is 2. The minimum Gasteiger partial charge on any atom is -0.444 e. The SMILES string of the molecule is COC1C2=C(CCC3=C2C=CN(C(=O)OCc2ccccc2)CC3)CC1(F)F. The lowest BCUT2D eigenvalue weighted by Gasteiger charge is -2.24. The minimum absolute atomic E-state index is 0.199. The van der Waals surface area contributed by atoms with Gasteiger partial charge in [0.1, 0.15) is 12.7 Å². The Bertz CT molecular complexity index is 858. The average Bonchev–Trinajstić information content (AvgIpc) is 2.82. The Morgan fingerprint density at radius 2 is 1.93 bits per heavy atom. The van der Waals surface area contributed by atoms with E-state index in [1.165, 1.54) is 12.0 Å². The second kappa shape index (κ2) is 7.51. The van der Waals surface area contributed by atoms with Crippen molar-refractivity contribution in [3.63, 3.8) is 0 Å². The van der Waals surface area contributed by atoms with Crippen LogP contribution >= 0.6 is 0 Å². The molecule has 0 saturated carbocycles. The summed E-state index contributed by atoms with van der Waals surface area (Å²) in [6.45, 7) is 0.671. The number of amides is 1. The van der Waals surface area contributed by atoms with Crippen LogP contribution in [0.5, 0.6) is 0 Å². The van der Waals surface area contributed by atoms with E-state index in [-0.39, 0.29) is 13.0 Å². The number of nitrogens with zero attached hydrogens (tertiary/aromatic N) is 1. The van der Waals surface area contributed by atoms with Gasteiger partial charge in [0.2, 0.25) is 0 Å². The number of carbonyl (C=O) groups is 1. The molecule has 3 aliphatic rings. The van der Waals surface area contributed by atoms with Crippen molar-refractivity contribution in [1.29, 1.82) is 0 Å². The molecule has 0 saturated heterocycles. The second-order valence-corrected chi connectivity index (χ2v) is 7.39. The van der Waals surface area contributed by atoms with Gasteiger partial charge >= 0.3 is 6.09 Å². The van der Waals surface area contributed by atoms with Crippen molar-refractivity contribution in [1.82, 2.24) is 4.90 Å². The van der Waals surface area contributed by atoms with Gasteiger partial charge in [-0.25, -0.2) is 13.6 Å². The second-order valence-electron chi connectivity index (χ2n) is 7.39. The van der Waals surface area contributed by atoms with Gasteiger partial charge in [0.15, 0.2) is 0 Å². The van der Waals surface area contributed by atoms with Crippen LogP contribution < -0.4 is 0 Å². The molecule has 0 radical (unpaired) electrons. The van der Waals surface area contributed by atoms with Crippen molar-refractivity contribution >= 4 is 6.09 Å². The van der Waals surface area contributed by atoms with Crippen LogP contribution in [0.1, 0.15) is 31.2 Å². The summed E-state index contributed by atoms with van der Waals surface area (Å²) in [6, 6.07) is 9.47. The molecule has 1 atom stereocenters. The Labute approximate surface area is 163 Å². The molecule has 2 aliphatic carbocycles. The van der Waals surface area contributed by atoms with Gasteiger partial charge in [-0.1, -0.05) is 41.5 Å². The number of benzene rings is 1. The number of hydrogen-bond acceptors (Lipinski definition) is 3. The molecular formula is C22H23F2NO3. The fourth-order valence-electron chi connectivity index (χ4n) is 4.26. The van der Waals surface area contributed by atoms with Crippen LogP contribution in [0.4, 0.5) is 13.6 Å². The molecule has 1 unspecified atom stereocenters. The van der Waals surface area contributed by atoms with E-state index in [1.54, 1.807) is 12.3 Å². The zero-order valence-corrected chi connectivity index (χ0v) is 15.8. The predicted octanol–water partition coefficient (Wildman–Crippen LogP) is 4.98. The number of carbonyl (C=O) groups excluding carboxylic acids is 1. The first-order valence-electron chi connectivity index (χ1n) is 9.50. The maximum Gasteiger partial charge on any atom is 0.414 e. The number of rotatable bonds is 3. The number of methoxy groups -OCH3 is 1. The summed E-state index contributed by atoms with van der Waals surface area (Å²) in [5.74, 6) is -2.88. The Balaban J connectivity index is 1.49. The van der Waals surface area contributed by atoms with E-state index in [9.17, 15) is 13.6 Å². The molecule has 1 heterocycles. The van der Waals surface area contributed by atoms with E-state index >= 15 is 0 Å². The van der Waals surface area contributed by atoms with Crippen molar-refractivity contribution in [2.45, 2.75) is 44.3 Å². The third-order valence-corrected chi connectivity index (χ3v) is 5.63. The van der Waals surface area contributed by atoms with Crippen molar-refractivity contribution in [3.8, 4) is 0 Å². The van der Waals surface area contributed by atoms with Gasteiger partial charge in [-0.15, -0.1) is 0 Å². The summed E-state index contributed by atoms with van der Waals surface area (Å²) < 4.78 is 39.2. The molecule has 148 valence electrons. The molecular weight excluding hydrogens is 364 g/mol. The molecule has 4 rings (SSSR count). The summed E-state index contributed by atoms with van der Waals surface area (Å²) >= 11 is 0. The first-order chi connectivity index (χ1) is 13.5. The van der Waals surface area contributed by atoms with Crippen LogP contribution in [0.25, 0.3) is 0 Å². The molecule has 0 bridgehead atoms. The molecule has 28 heavy (non-hydrogen) atoms. The van der Waals surface area contributed by atoms with Crippen LogP contribution in [-0.4, -0.2) is 36.7 Å². The van der Waals surface area contributed by atoms with Gasteiger partial charge < -0.3 is 9.47 Å². The van der Waals surface area contributed by atoms with E-state index < -0.39 is 18.1 Å². The average molecular weight is 387 g/mol. The first kappa shape index (κ1) is 18.9. The highest BCUT2D eigenvalue weighted by atomic mass is 19.3. The highest BCUT2D eigenvalue weighted by Gasteiger charge is 2.51. The smallest absolute Gasteiger partial charge is 0.414 e. The molecule has 0 aromatic heterocycles. The molecule has 1 amide bonds. The van der Waals surface area contributed by atoms with E-state index in [4.69, 9.17) is 9.47 Å². The lowest BCUT2D eigenvalue weighted by atomic mass is 9.85. The van der Waals surface area contributed by atoms with E-state index in [1.807, 2.05) is 30.3 Å². The molecule has 1 aliphatic heterocycles. The van der Waals surface area contributed by atoms with Crippen molar-refractivity contribution in [2.75, 3.05) is 13.7 Å². The van der Waals surface area contributed by atoms with Crippen molar-refractivity contribution < 1.29 is 23.0 Å². The fourth-order valence-corrected chi connectivity index (χ4v) is 4.26. The fraction of sp³-hybridized carbons (Fsp3) is 0.409. The summed E-state index contributed by atoms with van der Waals surface area (Å²) in [5.41, 5.74) is 4.22. The maximum atomic E-state index is 14.3. The van der Waals surface area contributed by atoms with Gasteiger partial charge in [0, 0.05) is 26.3 Å². The number of halogens is 2. The Kier molecular flexibility index (Phi) is 5.06. The van der Waals surface area contributed by atoms with Crippen molar-refractivity contribution in [3.05, 3.63) is 70.5 Å². The molecule has 4 nitrogen and oxygen atoms in total. The largest absolute Gasteiger partial charge is 0.444 e. The van der Waals surface area contributed by atoms with Crippen molar-refractivity contribution in [2.24, 2.45) is 0 Å². The van der Waals surface area contributed by atoms with Gasteiger partial charge in [-0.3, -0.25) is 4.90 Å². The normalized spacial score (nSPS) is 23.4. The van der Waals surface area contributed by atoms with Gasteiger partial charge in [0.25, 0.3) is 5.92 Å². The summed E-state index contributed by atoms with van der Waals surface area (Å²) in [5, 5.41) is 0. The Morgan fingerprint density at radius 1 is 1.18 bits per heavy atom. The molecule has 0 spiro atoms. The molecule has 0 N–H and O–H groups in total. The van der Waals surface area contributed by atoms with E-state index in [2.05, 4.69) is 0 Å². The molecule has 1 aromatic rings. The molecule has 1 aromatic carbocycles. The van der Waals surface area contributed by atoms with Crippen LogP contribution in [0, 0.1) is 0 Å². The van der Waals surface area contributed by atoms with Crippen LogP contribution in [0.15, 0.2) is 64.9 Å². The Morgan fingerprint density at radius 3 is 2.68 bits per heavy atom. The third-order valence-electron chi connectivity index (χ3n) is 5.63. The highest BCUT2D eigenvalue weighted by Crippen LogP contribution is 2.50. The lowest BCUT2D eigenvalue weighted by Crippen LogP contribution is -2.32.